The molecule has 2 aliphatic carbocycles. The number of ether oxygens (including phenoxy) is 1. The first-order valence-electron chi connectivity index (χ1n) is 14.8. The zero-order valence-corrected chi connectivity index (χ0v) is 27.9. The number of hydrogen-bond acceptors (Lipinski definition) is 5. The smallest absolute Gasteiger partial charge is 0.184 e. The average molecular weight is 559 g/mol. The molecule has 2 bridgehead atoms. The number of ketones is 2. The molecule has 1 heterocycles. The molecule has 2 fully saturated rings. The molecule has 1 unspecified atom stereocenters. The summed E-state index contributed by atoms with van der Waals surface area (Å²) < 4.78 is 13.4. The van der Waals surface area contributed by atoms with Crippen LogP contribution in [0.1, 0.15) is 94.9 Å². The standard InChI is InChI=1S/C33H54O5Si/c1-20(2)14-16-23-18-32-19-25(31(9,10)38-39(11,12)13)37-28(32)24(17-15-21(3)4)27(35)33(29(32)36,30(23,7)8)26(34)22(5)6/h14-15,22-23,25-26,34H,16-19H2,1-13H3/t23-,25-,26?,32-,33-/m0/s1. The second-order valence-corrected chi connectivity index (χ2v) is 19.7. The van der Waals surface area contributed by atoms with Crippen molar-refractivity contribution >= 4 is 19.9 Å². The molecule has 0 radical (unpaired) electrons. The molecule has 1 saturated carbocycles. The number of Topliss-reactive ketones (excluding diaryl/α,β-unsaturated/α-hetero) is 2. The molecule has 0 amide bonds. The van der Waals surface area contributed by atoms with Crippen molar-refractivity contribution in [2.24, 2.45) is 28.1 Å². The maximum atomic E-state index is 15.1. The molecular weight excluding hydrogens is 504 g/mol. The van der Waals surface area contributed by atoms with Crippen molar-refractivity contribution in [1.29, 1.82) is 0 Å². The number of rotatable bonds is 9. The Bertz CT molecular complexity index is 1090. The van der Waals surface area contributed by atoms with Gasteiger partial charge in [0.15, 0.2) is 19.9 Å². The number of aliphatic hydroxyl groups excluding tert-OH is 1. The van der Waals surface area contributed by atoms with E-state index in [1.54, 1.807) is 0 Å². The fourth-order valence-corrected chi connectivity index (χ4v) is 9.28. The summed E-state index contributed by atoms with van der Waals surface area (Å²) >= 11 is 0. The third-order valence-electron chi connectivity index (χ3n) is 9.50. The molecule has 1 spiro atoms. The van der Waals surface area contributed by atoms with E-state index in [4.69, 9.17) is 9.16 Å². The number of hydrogen-bond donors (Lipinski definition) is 1. The van der Waals surface area contributed by atoms with E-state index in [0.717, 1.165) is 12.0 Å². The van der Waals surface area contributed by atoms with Gasteiger partial charge in [0.25, 0.3) is 0 Å². The van der Waals surface area contributed by atoms with Gasteiger partial charge in [0.2, 0.25) is 0 Å². The number of fused-ring (bicyclic) bond motifs is 1. The minimum absolute atomic E-state index is 0.0193. The minimum atomic E-state index is -1.94. The molecule has 5 nitrogen and oxygen atoms in total. The van der Waals surface area contributed by atoms with Gasteiger partial charge in [-0.2, -0.15) is 0 Å². The van der Waals surface area contributed by atoms with Crippen molar-refractivity contribution < 1.29 is 23.9 Å². The second kappa shape index (κ2) is 10.4. The minimum Gasteiger partial charge on any atom is -0.490 e. The highest BCUT2D eigenvalue weighted by Crippen LogP contribution is 2.69. The Labute approximate surface area is 238 Å². The van der Waals surface area contributed by atoms with Crippen LogP contribution in [0.25, 0.3) is 0 Å². The monoisotopic (exact) mass is 558 g/mol. The Hall–Kier alpha value is -1.50. The first-order chi connectivity index (χ1) is 17.6. The summed E-state index contributed by atoms with van der Waals surface area (Å²) in [5.41, 5.74) is -0.980. The van der Waals surface area contributed by atoms with Gasteiger partial charge in [-0.1, -0.05) is 51.0 Å². The highest BCUT2D eigenvalue weighted by molar-refractivity contribution is 6.69. The molecule has 1 aliphatic heterocycles. The lowest BCUT2D eigenvalue weighted by Crippen LogP contribution is -2.71. The number of carbonyl (C=O) groups is 2. The molecule has 0 aromatic heterocycles. The van der Waals surface area contributed by atoms with Gasteiger partial charge in [0, 0.05) is 12.0 Å². The van der Waals surface area contributed by atoms with Crippen molar-refractivity contribution in [3.8, 4) is 0 Å². The maximum absolute atomic E-state index is 15.1. The number of aliphatic hydroxyl groups is 1. The van der Waals surface area contributed by atoms with Crippen LogP contribution in [-0.2, 0) is 18.8 Å². The van der Waals surface area contributed by atoms with Crippen molar-refractivity contribution in [3.05, 3.63) is 34.6 Å². The zero-order valence-electron chi connectivity index (χ0n) is 26.9. The van der Waals surface area contributed by atoms with E-state index < -0.39 is 36.3 Å². The van der Waals surface area contributed by atoms with Crippen LogP contribution in [0.3, 0.4) is 0 Å². The van der Waals surface area contributed by atoms with Gasteiger partial charge < -0.3 is 14.3 Å². The molecule has 6 heteroatoms. The lowest BCUT2D eigenvalue weighted by atomic mass is 9.39. The lowest BCUT2D eigenvalue weighted by Gasteiger charge is -2.61. The van der Waals surface area contributed by atoms with Gasteiger partial charge in [-0.15, -0.1) is 0 Å². The molecule has 39 heavy (non-hydrogen) atoms. The van der Waals surface area contributed by atoms with E-state index in [1.165, 1.54) is 5.57 Å². The van der Waals surface area contributed by atoms with E-state index >= 15 is 4.79 Å². The van der Waals surface area contributed by atoms with Crippen LogP contribution in [-0.4, -0.2) is 42.8 Å². The van der Waals surface area contributed by atoms with Crippen LogP contribution >= 0.6 is 0 Å². The molecule has 0 aromatic carbocycles. The third-order valence-corrected chi connectivity index (χ3v) is 10.6. The van der Waals surface area contributed by atoms with E-state index in [2.05, 4.69) is 53.4 Å². The predicted octanol–water partition coefficient (Wildman–Crippen LogP) is 7.56. The van der Waals surface area contributed by atoms with E-state index in [0.29, 0.717) is 30.6 Å². The zero-order chi connectivity index (χ0) is 29.9. The van der Waals surface area contributed by atoms with E-state index in [1.807, 2.05) is 47.6 Å². The van der Waals surface area contributed by atoms with Crippen molar-refractivity contribution in [3.63, 3.8) is 0 Å². The molecule has 0 aromatic rings. The number of carbonyl (C=O) groups excluding carboxylic acids is 2. The summed E-state index contributed by atoms with van der Waals surface area (Å²) in [6.07, 6.45) is 5.03. The molecule has 1 saturated heterocycles. The third kappa shape index (κ3) is 5.19. The Balaban J connectivity index is 2.36. The summed E-state index contributed by atoms with van der Waals surface area (Å²) in [6, 6.07) is 0. The normalized spacial score (nSPS) is 31.2. The average Bonchev–Trinajstić information content (AvgIpc) is 3.15. The van der Waals surface area contributed by atoms with E-state index in [9.17, 15) is 9.90 Å². The Morgan fingerprint density at radius 3 is 2.13 bits per heavy atom. The van der Waals surface area contributed by atoms with E-state index in [-0.39, 0.29) is 29.5 Å². The maximum Gasteiger partial charge on any atom is 0.184 e. The first-order valence-corrected chi connectivity index (χ1v) is 18.2. The van der Waals surface area contributed by atoms with Gasteiger partial charge in [0.05, 0.1) is 17.1 Å². The van der Waals surface area contributed by atoms with Gasteiger partial charge in [-0.05, 0) is 97.7 Å². The summed E-state index contributed by atoms with van der Waals surface area (Å²) in [5.74, 6) is -0.0648. The summed E-state index contributed by atoms with van der Waals surface area (Å²) in [6.45, 7) is 26.7. The largest absolute Gasteiger partial charge is 0.490 e. The highest BCUT2D eigenvalue weighted by atomic mass is 28.4. The topological polar surface area (TPSA) is 72.8 Å². The van der Waals surface area contributed by atoms with Crippen molar-refractivity contribution in [2.75, 3.05) is 0 Å². The van der Waals surface area contributed by atoms with Crippen LogP contribution in [0.4, 0.5) is 0 Å². The van der Waals surface area contributed by atoms with Gasteiger partial charge >= 0.3 is 0 Å². The Kier molecular flexibility index (Phi) is 8.54. The van der Waals surface area contributed by atoms with Crippen LogP contribution in [0.15, 0.2) is 34.6 Å². The summed E-state index contributed by atoms with van der Waals surface area (Å²) in [7, 11) is -1.94. The van der Waals surface area contributed by atoms with Gasteiger partial charge in [0.1, 0.15) is 17.3 Å². The van der Waals surface area contributed by atoms with Gasteiger partial charge in [-0.25, -0.2) is 0 Å². The fraction of sp³-hybridized carbons (Fsp3) is 0.758. The molecule has 5 atom stereocenters. The quantitative estimate of drug-likeness (QED) is 0.180. The Morgan fingerprint density at radius 2 is 1.64 bits per heavy atom. The molecule has 1 N–H and O–H groups in total. The predicted molar refractivity (Wildman–Crippen MR) is 161 cm³/mol. The second-order valence-electron chi connectivity index (χ2n) is 15.3. The fourth-order valence-electron chi connectivity index (χ4n) is 7.57. The van der Waals surface area contributed by atoms with Crippen molar-refractivity contribution in [1.82, 2.24) is 0 Å². The SMILES string of the molecule is CC(C)=CCC1=C2O[C@H](C(C)(C)O[Si](C)(C)C)C[C@@]23C[C@H](CC=C(C)C)C(C)(C)[C@@](C(O)C(C)C)(C1=O)C3=O. The van der Waals surface area contributed by atoms with Crippen LogP contribution in [0.5, 0.6) is 0 Å². The first kappa shape index (κ1) is 32.0. The van der Waals surface area contributed by atoms with Crippen LogP contribution < -0.4 is 0 Å². The van der Waals surface area contributed by atoms with Crippen LogP contribution in [0.2, 0.25) is 19.6 Å². The van der Waals surface area contributed by atoms with Crippen molar-refractivity contribution in [2.45, 2.75) is 132 Å². The summed E-state index contributed by atoms with van der Waals surface area (Å²) in [4.78, 5) is 29.9. The summed E-state index contributed by atoms with van der Waals surface area (Å²) in [5, 5.41) is 12.0. The highest BCUT2D eigenvalue weighted by Gasteiger charge is 2.77. The lowest BCUT2D eigenvalue weighted by molar-refractivity contribution is -0.188. The Morgan fingerprint density at radius 1 is 1.08 bits per heavy atom. The molecule has 3 rings (SSSR count). The molecule has 3 aliphatic rings. The molecule has 220 valence electrons. The van der Waals surface area contributed by atoms with Gasteiger partial charge in [-0.3, -0.25) is 9.59 Å². The molecular formula is C33H54O5Si. The van der Waals surface area contributed by atoms with Crippen LogP contribution in [0, 0.1) is 28.1 Å². The number of allylic oxidation sites excluding steroid dienone is 6.